The summed E-state index contributed by atoms with van der Waals surface area (Å²) in [5, 5.41) is 8.15. The molecule has 0 amide bonds. The van der Waals surface area contributed by atoms with Crippen LogP contribution in [0.3, 0.4) is 0 Å². The van der Waals surface area contributed by atoms with E-state index in [1.54, 1.807) is 0 Å². The van der Waals surface area contributed by atoms with Crippen molar-refractivity contribution in [1.29, 1.82) is 0 Å². The van der Waals surface area contributed by atoms with Crippen LogP contribution in [-0.4, -0.2) is 17.6 Å². The topological polar surface area (TPSA) is 46.5 Å². The Labute approximate surface area is 65.6 Å². The van der Waals surface area contributed by atoms with E-state index >= 15 is 0 Å². The first-order valence-corrected chi connectivity index (χ1v) is 3.67. The standard InChI is InChI=1S/C8H12O3/c1-6-2-7(5-11-10)4-8(9)3-6/h7,10H,1-5H2. The predicted molar refractivity (Wildman–Crippen MR) is 40.1 cm³/mol. The third-order valence-electron chi connectivity index (χ3n) is 1.85. The summed E-state index contributed by atoms with van der Waals surface area (Å²) in [6.07, 6.45) is 1.81. The maximum absolute atomic E-state index is 11.0. The molecule has 0 heterocycles. The number of carbonyl (C=O) groups is 1. The van der Waals surface area contributed by atoms with Gasteiger partial charge in [-0.1, -0.05) is 12.2 Å². The summed E-state index contributed by atoms with van der Waals surface area (Å²) in [4.78, 5) is 14.9. The van der Waals surface area contributed by atoms with Crippen LogP contribution in [0.5, 0.6) is 0 Å². The van der Waals surface area contributed by atoms with Gasteiger partial charge in [0.15, 0.2) is 0 Å². The second kappa shape index (κ2) is 3.64. The first kappa shape index (κ1) is 8.43. The fourth-order valence-corrected chi connectivity index (χ4v) is 1.45. The lowest BCUT2D eigenvalue weighted by molar-refractivity contribution is -0.251. The number of ketones is 1. The first-order valence-electron chi connectivity index (χ1n) is 3.67. The van der Waals surface area contributed by atoms with Gasteiger partial charge in [0.25, 0.3) is 0 Å². The molecular formula is C8H12O3. The van der Waals surface area contributed by atoms with Gasteiger partial charge >= 0.3 is 0 Å². The van der Waals surface area contributed by atoms with E-state index in [1.807, 2.05) is 0 Å². The zero-order chi connectivity index (χ0) is 8.27. The van der Waals surface area contributed by atoms with Gasteiger partial charge in [0, 0.05) is 12.8 Å². The number of carbonyl (C=O) groups excluding carboxylic acids is 1. The Hall–Kier alpha value is -0.670. The summed E-state index contributed by atoms with van der Waals surface area (Å²) in [5.74, 6) is 0.331. The highest BCUT2D eigenvalue weighted by Crippen LogP contribution is 2.24. The fourth-order valence-electron chi connectivity index (χ4n) is 1.45. The molecule has 3 heteroatoms. The molecule has 0 aromatic carbocycles. The lowest BCUT2D eigenvalue weighted by Gasteiger charge is -2.20. The van der Waals surface area contributed by atoms with Gasteiger partial charge in [-0.25, -0.2) is 4.89 Å². The molecule has 0 spiro atoms. The van der Waals surface area contributed by atoms with Gasteiger partial charge in [-0.15, -0.1) is 0 Å². The molecule has 1 aliphatic rings. The summed E-state index contributed by atoms with van der Waals surface area (Å²) in [6, 6.07) is 0. The van der Waals surface area contributed by atoms with Crippen LogP contribution in [0.15, 0.2) is 12.2 Å². The van der Waals surface area contributed by atoms with Crippen molar-refractivity contribution in [2.75, 3.05) is 6.61 Å². The average Bonchev–Trinajstić information content (AvgIpc) is 1.85. The Balaban J connectivity index is 2.43. The van der Waals surface area contributed by atoms with Gasteiger partial charge in [-0.2, -0.15) is 0 Å². The van der Waals surface area contributed by atoms with Gasteiger partial charge < -0.3 is 0 Å². The molecule has 3 nitrogen and oxygen atoms in total. The number of rotatable bonds is 2. The van der Waals surface area contributed by atoms with Crippen LogP contribution in [0, 0.1) is 5.92 Å². The Morgan fingerprint density at radius 3 is 2.91 bits per heavy atom. The van der Waals surface area contributed by atoms with E-state index in [4.69, 9.17) is 5.26 Å². The molecule has 1 unspecified atom stereocenters. The Morgan fingerprint density at radius 1 is 1.64 bits per heavy atom. The zero-order valence-electron chi connectivity index (χ0n) is 6.38. The van der Waals surface area contributed by atoms with Crippen LogP contribution in [0.1, 0.15) is 19.3 Å². The normalized spacial score (nSPS) is 25.7. The molecule has 11 heavy (non-hydrogen) atoms. The monoisotopic (exact) mass is 156 g/mol. The van der Waals surface area contributed by atoms with Crippen molar-refractivity contribution in [2.45, 2.75) is 19.3 Å². The maximum Gasteiger partial charge on any atom is 0.137 e. The van der Waals surface area contributed by atoms with Gasteiger partial charge in [-0.3, -0.25) is 10.1 Å². The molecule has 0 aromatic heterocycles. The molecule has 1 fully saturated rings. The first-order chi connectivity index (χ1) is 5.22. The molecule has 1 atom stereocenters. The molecule has 1 saturated carbocycles. The summed E-state index contributed by atoms with van der Waals surface area (Å²) in [7, 11) is 0. The second-order valence-electron chi connectivity index (χ2n) is 3.04. The maximum atomic E-state index is 11.0. The van der Waals surface area contributed by atoms with Crippen LogP contribution in [-0.2, 0) is 9.68 Å². The Bertz CT molecular complexity index is 158. The summed E-state index contributed by atoms with van der Waals surface area (Å²) in [6.45, 7) is 3.98. The largest absolute Gasteiger partial charge is 0.299 e. The minimum atomic E-state index is 0.133. The minimum Gasteiger partial charge on any atom is -0.299 e. The molecule has 1 aliphatic carbocycles. The summed E-state index contributed by atoms with van der Waals surface area (Å²) in [5.41, 5.74) is 0.948. The average molecular weight is 156 g/mol. The van der Waals surface area contributed by atoms with Crippen molar-refractivity contribution in [3.63, 3.8) is 0 Å². The molecular weight excluding hydrogens is 144 g/mol. The van der Waals surface area contributed by atoms with E-state index < -0.39 is 0 Å². The predicted octanol–water partition coefficient (Wildman–Crippen LogP) is 1.40. The number of allylic oxidation sites excluding steroid dienone is 1. The highest BCUT2D eigenvalue weighted by Gasteiger charge is 2.21. The molecule has 0 radical (unpaired) electrons. The lowest BCUT2D eigenvalue weighted by atomic mass is 9.86. The van der Waals surface area contributed by atoms with Crippen molar-refractivity contribution >= 4 is 5.78 Å². The third kappa shape index (κ3) is 2.44. The van der Waals surface area contributed by atoms with Gasteiger partial charge in [0.05, 0.1) is 6.61 Å². The van der Waals surface area contributed by atoms with E-state index in [0.717, 1.165) is 12.0 Å². The van der Waals surface area contributed by atoms with E-state index in [-0.39, 0.29) is 18.3 Å². The van der Waals surface area contributed by atoms with Crippen molar-refractivity contribution < 1.29 is 14.9 Å². The second-order valence-corrected chi connectivity index (χ2v) is 3.04. The van der Waals surface area contributed by atoms with Crippen LogP contribution < -0.4 is 0 Å². The van der Waals surface area contributed by atoms with Crippen molar-refractivity contribution in [2.24, 2.45) is 5.92 Å². The number of hydrogen-bond acceptors (Lipinski definition) is 3. The van der Waals surface area contributed by atoms with E-state index in [2.05, 4.69) is 11.5 Å². The highest BCUT2D eigenvalue weighted by atomic mass is 17.1. The molecule has 0 saturated heterocycles. The van der Waals surface area contributed by atoms with Crippen LogP contribution in [0.25, 0.3) is 0 Å². The molecule has 0 aromatic rings. The Morgan fingerprint density at radius 2 is 2.36 bits per heavy atom. The third-order valence-corrected chi connectivity index (χ3v) is 1.85. The quantitative estimate of drug-likeness (QED) is 0.373. The summed E-state index contributed by atoms with van der Waals surface area (Å²) < 4.78 is 0. The number of hydrogen-bond donors (Lipinski definition) is 1. The lowest BCUT2D eigenvalue weighted by Crippen LogP contribution is -2.20. The zero-order valence-corrected chi connectivity index (χ0v) is 6.38. The van der Waals surface area contributed by atoms with Gasteiger partial charge in [0.1, 0.15) is 5.78 Å². The molecule has 1 N–H and O–H groups in total. The van der Waals surface area contributed by atoms with Crippen LogP contribution in [0.2, 0.25) is 0 Å². The van der Waals surface area contributed by atoms with Gasteiger partial charge in [-0.05, 0) is 12.3 Å². The van der Waals surface area contributed by atoms with E-state index in [0.29, 0.717) is 12.8 Å². The molecule has 62 valence electrons. The number of Topliss-reactive ketones (excluding diaryl/α,β-unsaturated/α-hetero) is 1. The molecule has 0 bridgehead atoms. The SMILES string of the molecule is C=C1CC(=O)CC(COO)C1. The Kier molecular flexibility index (Phi) is 2.79. The summed E-state index contributed by atoms with van der Waals surface area (Å²) >= 11 is 0. The van der Waals surface area contributed by atoms with Gasteiger partial charge in [0.2, 0.25) is 0 Å². The van der Waals surface area contributed by atoms with E-state index in [1.165, 1.54) is 0 Å². The van der Waals surface area contributed by atoms with E-state index in [9.17, 15) is 4.79 Å². The molecule has 1 rings (SSSR count). The van der Waals surface area contributed by atoms with Crippen LogP contribution in [0.4, 0.5) is 0 Å². The van der Waals surface area contributed by atoms with Crippen molar-refractivity contribution in [3.8, 4) is 0 Å². The molecule has 0 aliphatic heterocycles. The fraction of sp³-hybridized carbons (Fsp3) is 0.625. The smallest absolute Gasteiger partial charge is 0.137 e. The minimum absolute atomic E-state index is 0.133. The highest BCUT2D eigenvalue weighted by molar-refractivity contribution is 5.82. The van der Waals surface area contributed by atoms with Crippen LogP contribution >= 0.6 is 0 Å². The van der Waals surface area contributed by atoms with Crippen molar-refractivity contribution in [1.82, 2.24) is 0 Å². The van der Waals surface area contributed by atoms with Crippen molar-refractivity contribution in [3.05, 3.63) is 12.2 Å².